The molecule has 2 heterocycles. The fourth-order valence-electron chi connectivity index (χ4n) is 3.41. The van der Waals surface area contributed by atoms with Crippen molar-refractivity contribution in [2.75, 3.05) is 6.61 Å². The van der Waals surface area contributed by atoms with E-state index in [1.54, 1.807) is 0 Å². The molecule has 0 N–H and O–H groups in total. The van der Waals surface area contributed by atoms with Crippen LogP contribution in [0.5, 0.6) is 11.5 Å². The number of rotatable bonds is 8. The summed E-state index contributed by atoms with van der Waals surface area (Å²) in [6.07, 6.45) is 0.699. The van der Waals surface area contributed by atoms with Gasteiger partial charge in [-0.25, -0.2) is 0 Å². The van der Waals surface area contributed by atoms with Crippen LogP contribution in [0.4, 0.5) is 0 Å². The van der Waals surface area contributed by atoms with Gasteiger partial charge in [0.25, 0.3) is 0 Å². The van der Waals surface area contributed by atoms with Crippen LogP contribution in [0.25, 0.3) is 11.1 Å². The molecule has 0 spiro atoms. The van der Waals surface area contributed by atoms with Gasteiger partial charge in [-0.15, -0.1) is 0 Å². The second-order valence-corrected chi connectivity index (χ2v) is 7.70. The topological polar surface area (TPSA) is 70.5 Å². The first-order valence-electron chi connectivity index (χ1n) is 10.3. The minimum atomic E-state index is 0.365. The molecule has 0 bridgehead atoms. The standard InChI is InChI=1S/C25H26N2O4/c1-16-5-7-22(28-10-9-20-11-18(3)30-26-20)13-24(16)25-14-23(8-6-17(25)2)29-15-21-12-19(4)31-27-21/h5-8,11-14H,9-10,15H2,1-4H3. The van der Waals surface area contributed by atoms with Crippen LogP contribution in [0.2, 0.25) is 0 Å². The smallest absolute Gasteiger partial charge is 0.134 e. The minimum absolute atomic E-state index is 0.365. The summed E-state index contributed by atoms with van der Waals surface area (Å²) in [5.41, 5.74) is 6.25. The molecular formula is C25H26N2O4. The SMILES string of the molecule is Cc1cc(CCOc2ccc(C)c(-c3cc(OCc4cc(C)on4)ccc3C)c2)no1. The molecule has 0 saturated heterocycles. The molecule has 6 heteroatoms. The van der Waals surface area contributed by atoms with Crippen LogP contribution in [-0.2, 0) is 13.0 Å². The van der Waals surface area contributed by atoms with Gasteiger partial charge in [-0.05, 0) is 74.2 Å². The number of nitrogens with zero attached hydrogens (tertiary/aromatic N) is 2. The Balaban J connectivity index is 1.48. The van der Waals surface area contributed by atoms with Crippen molar-refractivity contribution in [3.63, 3.8) is 0 Å². The Bertz CT molecular complexity index is 1180. The fraction of sp³-hybridized carbons (Fsp3) is 0.280. The highest BCUT2D eigenvalue weighted by molar-refractivity contribution is 5.73. The molecule has 0 aliphatic carbocycles. The van der Waals surface area contributed by atoms with E-state index in [9.17, 15) is 0 Å². The highest BCUT2D eigenvalue weighted by Gasteiger charge is 2.10. The third-order valence-electron chi connectivity index (χ3n) is 5.08. The average Bonchev–Trinajstić information content (AvgIpc) is 3.36. The molecule has 2 aromatic carbocycles. The van der Waals surface area contributed by atoms with E-state index in [4.69, 9.17) is 18.5 Å². The lowest BCUT2D eigenvalue weighted by atomic mass is 9.96. The molecule has 2 aromatic heterocycles. The predicted molar refractivity (Wildman–Crippen MR) is 117 cm³/mol. The third-order valence-corrected chi connectivity index (χ3v) is 5.08. The summed E-state index contributed by atoms with van der Waals surface area (Å²) in [5.74, 6) is 3.19. The van der Waals surface area contributed by atoms with Gasteiger partial charge in [-0.1, -0.05) is 22.4 Å². The van der Waals surface area contributed by atoms with E-state index >= 15 is 0 Å². The van der Waals surface area contributed by atoms with Crippen molar-refractivity contribution in [2.45, 2.75) is 40.7 Å². The minimum Gasteiger partial charge on any atom is -0.493 e. The molecule has 0 aliphatic rings. The summed E-state index contributed by atoms with van der Waals surface area (Å²) >= 11 is 0. The molecule has 160 valence electrons. The van der Waals surface area contributed by atoms with Crippen molar-refractivity contribution in [1.29, 1.82) is 0 Å². The van der Waals surface area contributed by atoms with E-state index < -0.39 is 0 Å². The summed E-state index contributed by atoms with van der Waals surface area (Å²) in [6, 6.07) is 16.1. The van der Waals surface area contributed by atoms with Gasteiger partial charge < -0.3 is 18.5 Å². The van der Waals surface area contributed by atoms with Gasteiger partial charge in [-0.2, -0.15) is 0 Å². The van der Waals surface area contributed by atoms with Crippen LogP contribution in [-0.4, -0.2) is 16.9 Å². The van der Waals surface area contributed by atoms with E-state index in [2.05, 4.69) is 48.4 Å². The van der Waals surface area contributed by atoms with Crippen molar-refractivity contribution in [3.05, 3.63) is 82.6 Å². The van der Waals surface area contributed by atoms with Gasteiger partial charge in [0.2, 0.25) is 0 Å². The fourth-order valence-corrected chi connectivity index (χ4v) is 3.41. The quantitative estimate of drug-likeness (QED) is 0.362. The van der Waals surface area contributed by atoms with E-state index in [1.165, 1.54) is 11.1 Å². The molecule has 0 radical (unpaired) electrons. The second-order valence-electron chi connectivity index (χ2n) is 7.70. The monoisotopic (exact) mass is 418 g/mol. The Kier molecular flexibility index (Phi) is 6.07. The Labute approximate surface area is 181 Å². The Morgan fingerprint density at radius 1 is 0.677 bits per heavy atom. The van der Waals surface area contributed by atoms with Gasteiger partial charge in [0, 0.05) is 18.6 Å². The molecule has 6 nitrogen and oxygen atoms in total. The van der Waals surface area contributed by atoms with Gasteiger partial charge in [0.15, 0.2) is 0 Å². The zero-order chi connectivity index (χ0) is 21.8. The first-order chi connectivity index (χ1) is 15.0. The maximum Gasteiger partial charge on any atom is 0.134 e. The molecule has 0 fully saturated rings. The van der Waals surface area contributed by atoms with Gasteiger partial charge in [0.05, 0.1) is 12.3 Å². The number of aryl methyl sites for hydroxylation is 4. The summed E-state index contributed by atoms with van der Waals surface area (Å²) in [5, 5.41) is 7.99. The molecular weight excluding hydrogens is 392 g/mol. The molecule has 31 heavy (non-hydrogen) atoms. The number of benzene rings is 2. The van der Waals surface area contributed by atoms with Gasteiger partial charge in [-0.3, -0.25) is 0 Å². The summed E-state index contributed by atoms with van der Waals surface area (Å²) in [7, 11) is 0. The van der Waals surface area contributed by atoms with E-state index in [-0.39, 0.29) is 0 Å². The van der Waals surface area contributed by atoms with Crippen molar-refractivity contribution >= 4 is 0 Å². The number of ether oxygens (including phenoxy) is 2. The predicted octanol–water partition coefficient (Wildman–Crippen LogP) is 5.76. The molecule has 0 atom stereocenters. The summed E-state index contributed by atoms with van der Waals surface area (Å²) in [4.78, 5) is 0. The first kappa shape index (κ1) is 20.7. The normalized spacial score (nSPS) is 11.0. The van der Waals surface area contributed by atoms with Crippen LogP contribution in [0.15, 0.2) is 57.6 Å². The van der Waals surface area contributed by atoms with Crippen molar-refractivity contribution in [3.8, 4) is 22.6 Å². The largest absolute Gasteiger partial charge is 0.493 e. The third kappa shape index (κ3) is 5.15. The van der Waals surface area contributed by atoms with E-state index in [0.29, 0.717) is 19.6 Å². The maximum absolute atomic E-state index is 5.98. The number of aromatic nitrogens is 2. The van der Waals surface area contributed by atoms with Crippen molar-refractivity contribution < 1.29 is 18.5 Å². The zero-order valence-corrected chi connectivity index (χ0v) is 18.3. The highest BCUT2D eigenvalue weighted by Crippen LogP contribution is 2.33. The molecule has 4 aromatic rings. The number of hydrogen-bond donors (Lipinski definition) is 0. The van der Waals surface area contributed by atoms with Gasteiger partial charge in [0.1, 0.15) is 35.3 Å². The molecule has 0 amide bonds. The Hall–Kier alpha value is -3.54. The van der Waals surface area contributed by atoms with Crippen molar-refractivity contribution in [1.82, 2.24) is 10.3 Å². The van der Waals surface area contributed by atoms with Crippen molar-refractivity contribution in [2.24, 2.45) is 0 Å². The Morgan fingerprint density at radius 3 is 1.77 bits per heavy atom. The molecule has 0 unspecified atom stereocenters. The molecule has 0 aliphatic heterocycles. The van der Waals surface area contributed by atoms with Crippen LogP contribution < -0.4 is 9.47 Å². The lowest BCUT2D eigenvalue weighted by molar-refractivity contribution is 0.288. The lowest BCUT2D eigenvalue weighted by Crippen LogP contribution is -2.02. The number of hydrogen-bond acceptors (Lipinski definition) is 6. The van der Waals surface area contributed by atoms with Crippen LogP contribution >= 0.6 is 0 Å². The van der Waals surface area contributed by atoms with Crippen LogP contribution in [0, 0.1) is 27.7 Å². The van der Waals surface area contributed by atoms with Gasteiger partial charge >= 0.3 is 0 Å². The second kappa shape index (κ2) is 9.08. The highest BCUT2D eigenvalue weighted by atomic mass is 16.5. The van der Waals surface area contributed by atoms with Crippen LogP contribution in [0.1, 0.15) is 34.0 Å². The lowest BCUT2D eigenvalue weighted by Gasteiger charge is -2.14. The first-order valence-corrected chi connectivity index (χ1v) is 10.3. The summed E-state index contributed by atoms with van der Waals surface area (Å²) in [6.45, 7) is 8.85. The molecule has 4 rings (SSSR count). The van der Waals surface area contributed by atoms with E-state index in [1.807, 2.05) is 38.1 Å². The Morgan fingerprint density at radius 2 is 1.23 bits per heavy atom. The summed E-state index contributed by atoms with van der Waals surface area (Å²) < 4.78 is 22.1. The molecule has 0 saturated carbocycles. The van der Waals surface area contributed by atoms with E-state index in [0.717, 1.165) is 45.5 Å². The maximum atomic E-state index is 5.98. The average molecular weight is 418 g/mol. The zero-order valence-electron chi connectivity index (χ0n) is 18.3. The van der Waals surface area contributed by atoms with Crippen LogP contribution in [0.3, 0.4) is 0 Å².